The summed E-state index contributed by atoms with van der Waals surface area (Å²) in [5, 5.41) is 0. The topological polar surface area (TPSA) is 6.48 Å². The molecule has 0 unspecified atom stereocenters. The van der Waals surface area contributed by atoms with Crippen LogP contribution in [0.2, 0.25) is 0 Å². The molecule has 6 aliphatic rings. The first-order valence-electron chi connectivity index (χ1n) is 23.1. The molecule has 58 heavy (non-hydrogen) atoms. The summed E-state index contributed by atoms with van der Waals surface area (Å²) in [6, 6.07) is 23.9. The number of halogens is 2. The van der Waals surface area contributed by atoms with Crippen molar-refractivity contribution in [2.45, 2.75) is 179 Å². The molecule has 5 aliphatic carbocycles. The Morgan fingerprint density at radius 3 is 1.55 bits per heavy atom. The second-order valence-corrected chi connectivity index (χ2v) is 27.4. The van der Waals surface area contributed by atoms with Crippen molar-refractivity contribution in [3.63, 3.8) is 0 Å². The minimum absolute atomic E-state index is 0.0465. The van der Waals surface area contributed by atoms with Crippen LogP contribution in [-0.2, 0) is 13.5 Å². The van der Waals surface area contributed by atoms with E-state index in [-0.39, 0.29) is 7.92 Å². The monoisotopic (exact) mass is 926 g/mol. The van der Waals surface area contributed by atoms with Gasteiger partial charge in [0.05, 0.1) is 17.0 Å². The van der Waals surface area contributed by atoms with Crippen LogP contribution in [0, 0.1) is 27.4 Å². The van der Waals surface area contributed by atoms with Crippen LogP contribution in [0.5, 0.6) is 0 Å². The summed E-state index contributed by atoms with van der Waals surface area (Å²) in [4.78, 5) is 4.74. The third-order valence-electron chi connectivity index (χ3n) is 14.0. The summed E-state index contributed by atoms with van der Waals surface area (Å²) in [5.74, 6) is 0. The zero-order valence-electron chi connectivity index (χ0n) is 35.8. The molecule has 4 saturated carbocycles. The van der Waals surface area contributed by atoms with E-state index in [1.165, 1.54) is 100 Å². The van der Waals surface area contributed by atoms with Crippen molar-refractivity contribution in [1.29, 1.82) is 0 Å². The van der Waals surface area contributed by atoms with E-state index >= 15 is 0 Å². The Morgan fingerprint density at radius 2 is 1.03 bits per heavy atom. The molecule has 0 saturated heterocycles. The first kappa shape index (κ1) is 44.3. The third kappa shape index (κ3) is 11.6. The molecule has 0 spiro atoms. The fourth-order valence-electron chi connectivity index (χ4n) is 11.3. The summed E-state index contributed by atoms with van der Waals surface area (Å²) in [7, 11) is 12.3. The van der Waals surface area contributed by atoms with Gasteiger partial charge >= 0.3 is 120 Å². The van der Waals surface area contributed by atoms with Crippen LogP contribution in [0.15, 0.2) is 85.2 Å². The number of allylic oxidation sites excluding steroid dienone is 1. The van der Waals surface area contributed by atoms with Gasteiger partial charge in [0.25, 0.3) is 0 Å². The Bertz CT molecular complexity index is 1780. The number of hydrogen-bond donors (Lipinski definition) is 0. The van der Waals surface area contributed by atoms with Gasteiger partial charge in [0.1, 0.15) is 0 Å². The number of aryl methyl sites for hydroxylation is 3. The summed E-state index contributed by atoms with van der Waals surface area (Å²) in [5.41, 5.74) is 13.9. The van der Waals surface area contributed by atoms with Crippen LogP contribution < -0.4 is 4.90 Å². The zero-order chi connectivity index (χ0) is 40.3. The zero-order valence-corrected chi connectivity index (χ0v) is 40.1. The average Bonchev–Trinajstić information content (AvgIpc) is 3.79. The molecule has 3 aromatic rings. The van der Waals surface area contributed by atoms with E-state index in [0.29, 0.717) is 6.04 Å². The van der Waals surface area contributed by atoms with Crippen LogP contribution in [-0.4, -0.2) is 32.0 Å². The quantitative estimate of drug-likeness (QED) is 0.105. The number of fused-ring (bicyclic) bond motifs is 1. The van der Waals surface area contributed by atoms with E-state index in [1.807, 2.05) is 24.3 Å². The Morgan fingerprint density at radius 1 is 0.569 bits per heavy atom. The Hall–Kier alpha value is -1.76. The maximum absolute atomic E-state index is 6.19. The van der Waals surface area contributed by atoms with Crippen LogP contribution in [0.3, 0.4) is 0 Å². The van der Waals surface area contributed by atoms with Crippen molar-refractivity contribution in [1.82, 2.24) is 4.90 Å². The SMILES string of the molecule is C1CCC([PH+](C2CCCCC2)C2CCCCC2)CC1.Cc1cc(C)c(N2C=CN(C3CCCCCC3)[CH-]2)c(C)c1.[Cl][Ru]([Cl])=[C]1C=C(c2ccccc2)c2ccccc21. The first-order valence-corrected chi connectivity index (χ1v) is 30.2. The standard InChI is InChI=1S/C19H27N2.C18H33P.C15H10.2ClH.Ru/c1-15-12-16(2)19(17(3)13-15)21-11-10-20(14-21)18-8-6-4-5-7-9-18;1-4-10-16(11-5-1)19(17-12-6-2-7-13-17)18-14-8-3-9-15-18;1-2-6-12(7-3-1)15-11-10-13-8-4-5-9-14(13)15;;;/h10-14,18H,4-9H2,1-3H3;16-18H,1-15H2;1-9,11H;2*1H;/q-1;;;;;+2/p-1. The molecule has 316 valence electrons. The van der Waals surface area contributed by atoms with E-state index in [9.17, 15) is 0 Å². The molecular formula is C52H71Cl2N2PRu. The summed E-state index contributed by atoms with van der Waals surface area (Å²) < 4.78 is 1.12. The molecule has 0 atom stereocenters. The fraction of sp³-hybridized carbons (Fsp3) is 0.538. The number of nitrogens with zero attached hydrogens (tertiary/aromatic N) is 2. The summed E-state index contributed by atoms with van der Waals surface area (Å²) in [6.45, 7) is 8.89. The molecule has 1 aliphatic heterocycles. The van der Waals surface area contributed by atoms with E-state index in [2.05, 4.69) is 98.2 Å². The average molecular weight is 927 g/mol. The van der Waals surface area contributed by atoms with Gasteiger partial charge in [0.15, 0.2) is 0 Å². The molecule has 2 nitrogen and oxygen atoms in total. The molecule has 1 heterocycles. The third-order valence-corrected chi connectivity index (χ3v) is 21.7. The van der Waals surface area contributed by atoms with Crippen molar-refractivity contribution in [3.05, 3.63) is 125 Å². The fourth-order valence-corrected chi connectivity index (χ4v) is 19.0. The molecule has 9 rings (SSSR count). The van der Waals surface area contributed by atoms with Crippen LogP contribution in [0.1, 0.15) is 168 Å². The van der Waals surface area contributed by atoms with Crippen molar-refractivity contribution in [3.8, 4) is 0 Å². The second kappa shape index (κ2) is 22.4. The van der Waals surface area contributed by atoms with Gasteiger partial charge in [-0.15, -0.1) is 0 Å². The normalized spacial score (nSPS) is 21.2. The van der Waals surface area contributed by atoms with E-state index in [0.717, 1.165) is 4.11 Å². The number of rotatable bonds is 6. The molecule has 3 aromatic carbocycles. The second-order valence-electron chi connectivity index (χ2n) is 18.2. The van der Waals surface area contributed by atoms with Gasteiger partial charge in [-0.3, -0.25) is 0 Å². The van der Waals surface area contributed by atoms with Crippen molar-refractivity contribution in [2.75, 3.05) is 4.90 Å². The van der Waals surface area contributed by atoms with Crippen LogP contribution in [0.25, 0.3) is 5.57 Å². The molecule has 0 amide bonds. The Balaban J connectivity index is 0.000000133. The number of hydrogen-bond acceptors (Lipinski definition) is 2. The predicted molar refractivity (Wildman–Crippen MR) is 255 cm³/mol. The molecule has 0 radical (unpaired) electrons. The van der Waals surface area contributed by atoms with Gasteiger partial charge in [-0.1, -0.05) is 62.6 Å². The van der Waals surface area contributed by atoms with Crippen LogP contribution >= 0.6 is 27.3 Å². The summed E-state index contributed by atoms with van der Waals surface area (Å²) >= 11 is -1.88. The van der Waals surface area contributed by atoms with Gasteiger partial charge in [0.2, 0.25) is 0 Å². The Kier molecular flexibility index (Phi) is 17.1. The molecule has 0 bridgehead atoms. The van der Waals surface area contributed by atoms with Crippen molar-refractivity contribution in [2.24, 2.45) is 0 Å². The first-order chi connectivity index (χ1) is 28.4. The van der Waals surface area contributed by atoms with Gasteiger partial charge < -0.3 is 9.80 Å². The van der Waals surface area contributed by atoms with Gasteiger partial charge in [-0.05, 0) is 134 Å². The van der Waals surface area contributed by atoms with Gasteiger partial charge in [-0.2, -0.15) is 6.67 Å². The van der Waals surface area contributed by atoms with E-state index in [4.69, 9.17) is 19.4 Å². The van der Waals surface area contributed by atoms with E-state index < -0.39 is 13.5 Å². The van der Waals surface area contributed by atoms with Gasteiger partial charge in [0, 0.05) is 19.7 Å². The molecule has 0 N–H and O–H groups in total. The molecule has 0 aromatic heterocycles. The van der Waals surface area contributed by atoms with Crippen LogP contribution in [0.4, 0.5) is 5.69 Å². The Labute approximate surface area is 367 Å². The molecule has 6 heteroatoms. The summed E-state index contributed by atoms with van der Waals surface area (Å²) in [6.07, 6.45) is 38.7. The molecular weight excluding hydrogens is 856 g/mol. The molecule has 4 fully saturated rings. The maximum atomic E-state index is 6.19. The minimum atomic E-state index is -1.88. The van der Waals surface area contributed by atoms with Gasteiger partial charge in [-0.25, -0.2) is 0 Å². The number of benzene rings is 3. The number of anilines is 1. The predicted octanol–water partition coefficient (Wildman–Crippen LogP) is 15.8. The van der Waals surface area contributed by atoms with Crippen molar-refractivity contribution < 1.29 is 13.5 Å². The van der Waals surface area contributed by atoms with E-state index in [1.54, 1.807) is 96.3 Å². The van der Waals surface area contributed by atoms with Crippen molar-refractivity contribution >= 4 is 42.7 Å².